The summed E-state index contributed by atoms with van der Waals surface area (Å²) in [5.74, 6) is -0.507. The van der Waals surface area contributed by atoms with E-state index in [2.05, 4.69) is 10.00 Å². The summed E-state index contributed by atoms with van der Waals surface area (Å²) in [5, 5.41) is 5.06. The number of carbonyl (C=O) groups excluding carboxylic acids is 1. The number of carbonyl (C=O) groups is 1. The van der Waals surface area contributed by atoms with Gasteiger partial charge in [-0.1, -0.05) is 47.5 Å². The summed E-state index contributed by atoms with van der Waals surface area (Å²) in [6.45, 7) is 4.05. The largest absolute Gasteiger partial charge is 0.352 e. The Morgan fingerprint density at radius 3 is 2.36 bits per heavy atom. The first-order valence-electron chi connectivity index (χ1n) is 10.5. The second-order valence-electron chi connectivity index (χ2n) is 8.05. The van der Waals surface area contributed by atoms with E-state index in [9.17, 15) is 14.4 Å². The highest BCUT2D eigenvalue weighted by Gasteiger charge is 2.27. The third-order valence-corrected chi connectivity index (χ3v) is 6.52. The van der Waals surface area contributed by atoms with Crippen molar-refractivity contribution in [3.8, 4) is 5.69 Å². The zero-order valence-electron chi connectivity index (χ0n) is 18.3. The van der Waals surface area contributed by atoms with Crippen LogP contribution in [0.25, 0.3) is 5.69 Å². The van der Waals surface area contributed by atoms with Gasteiger partial charge >= 0.3 is 5.69 Å². The number of nitrogens with zero attached hydrogens (tertiary/aromatic N) is 5. The summed E-state index contributed by atoms with van der Waals surface area (Å²) in [7, 11) is 1.97. The lowest BCUT2D eigenvalue weighted by molar-refractivity contribution is 0.0652. The molecule has 1 aliphatic heterocycles. The molecule has 0 bridgehead atoms. The summed E-state index contributed by atoms with van der Waals surface area (Å²) in [5.41, 5.74) is 0.00885. The molecule has 0 saturated carbocycles. The number of aryl methyl sites for hydroxylation is 1. The molecule has 2 heterocycles. The van der Waals surface area contributed by atoms with Crippen LogP contribution in [0.4, 0.5) is 0 Å². The predicted octanol–water partition coefficient (Wildman–Crippen LogP) is 2.45. The van der Waals surface area contributed by atoms with Crippen molar-refractivity contribution >= 4 is 29.1 Å². The molecule has 1 fully saturated rings. The van der Waals surface area contributed by atoms with Crippen molar-refractivity contribution in [2.45, 2.75) is 13.5 Å². The van der Waals surface area contributed by atoms with Gasteiger partial charge in [0, 0.05) is 36.2 Å². The van der Waals surface area contributed by atoms with Gasteiger partial charge in [0.15, 0.2) is 0 Å². The first kappa shape index (κ1) is 23.2. The number of hydrogen-bond acceptors (Lipinski definition) is 5. The molecule has 2 aromatic carbocycles. The molecule has 33 heavy (non-hydrogen) atoms. The van der Waals surface area contributed by atoms with Crippen LogP contribution in [0.1, 0.15) is 21.6 Å². The van der Waals surface area contributed by atoms with Crippen LogP contribution in [0.5, 0.6) is 0 Å². The number of halogens is 2. The average Bonchev–Trinajstić information content (AvgIpc) is 2.80. The van der Waals surface area contributed by atoms with Crippen LogP contribution in [-0.4, -0.2) is 63.3 Å². The third kappa shape index (κ3) is 4.73. The van der Waals surface area contributed by atoms with Crippen LogP contribution >= 0.6 is 23.2 Å². The quantitative estimate of drug-likeness (QED) is 0.564. The van der Waals surface area contributed by atoms with E-state index in [-0.39, 0.29) is 12.2 Å². The minimum absolute atomic E-state index is 0.0948. The molecular weight excluding hydrogens is 465 g/mol. The standard InChI is InChI=1S/C23H23Cl2N5O3/c1-15-7-8-17(13-19(15)25)30-23(33)29(14-16-5-3-4-6-18(16)24)22(32)20(26-30)21(31)28-11-9-27(2)10-12-28/h3-8,13H,9-12,14H2,1-2H3. The molecule has 0 spiro atoms. The lowest BCUT2D eigenvalue weighted by Crippen LogP contribution is -2.51. The van der Waals surface area contributed by atoms with E-state index in [1.165, 1.54) is 0 Å². The van der Waals surface area contributed by atoms with Crippen LogP contribution in [0, 0.1) is 6.92 Å². The molecule has 4 rings (SSSR count). The molecule has 172 valence electrons. The van der Waals surface area contributed by atoms with E-state index in [0.29, 0.717) is 47.5 Å². The van der Waals surface area contributed by atoms with Gasteiger partial charge in [0.2, 0.25) is 5.69 Å². The number of aromatic nitrogens is 3. The normalized spacial score (nSPS) is 14.5. The number of benzene rings is 2. The first-order chi connectivity index (χ1) is 15.8. The Bertz CT molecular complexity index is 1330. The second-order valence-corrected chi connectivity index (χ2v) is 8.87. The Morgan fingerprint density at radius 1 is 1.00 bits per heavy atom. The van der Waals surface area contributed by atoms with Crippen LogP contribution in [-0.2, 0) is 6.54 Å². The molecule has 0 radical (unpaired) electrons. The van der Waals surface area contributed by atoms with E-state index in [1.807, 2.05) is 14.0 Å². The van der Waals surface area contributed by atoms with E-state index >= 15 is 0 Å². The molecule has 1 aliphatic rings. The number of rotatable bonds is 4. The third-order valence-electron chi connectivity index (χ3n) is 5.74. The summed E-state index contributed by atoms with van der Waals surface area (Å²) in [4.78, 5) is 43.6. The maximum absolute atomic E-state index is 13.3. The van der Waals surface area contributed by atoms with Crippen molar-refractivity contribution < 1.29 is 4.79 Å². The SMILES string of the molecule is Cc1ccc(-n2nc(C(=O)N3CCN(C)CC3)c(=O)n(Cc3ccccc3Cl)c2=O)cc1Cl. The summed E-state index contributed by atoms with van der Waals surface area (Å²) in [6, 6.07) is 11.9. The van der Waals surface area contributed by atoms with Crippen molar-refractivity contribution in [3.05, 3.63) is 90.2 Å². The van der Waals surface area contributed by atoms with Gasteiger partial charge in [-0.2, -0.15) is 9.78 Å². The van der Waals surface area contributed by atoms with Crippen molar-refractivity contribution in [2.24, 2.45) is 0 Å². The molecule has 10 heteroatoms. The highest BCUT2D eigenvalue weighted by atomic mass is 35.5. The fraction of sp³-hybridized carbons (Fsp3) is 0.304. The molecule has 1 aromatic heterocycles. The molecule has 1 amide bonds. The van der Waals surface area contributed by atoms with Gasteiger partial charge in [0.1, 0.15) is 0 Å². The van der Waals surface area contributed by atoms with Crippen molar-refractivity contribution in [3.63, 3.8) is 0 Å². The zero-order chi connectivity index (χ0) is 23.7. The Labute approximate surface area is 200 Å². The molecule has 0 aliphatic carbocycles. The molecule has 0 N–H and O–H groups in total. The van der Waals surface area contributed by atoms with Gasteiger partial charge in [-0.3, -0.25) is 14.2 Å². The molecule has 1 saturated heterocycles. The zero-order valence-corrected chi connectivity index (χ0v) is 19.8. The number of hydrogen-bond donors (Lipinski definition) is 0. The van der Waals surface area contributed by atoms with Gasteiger partial charge in [-0.25, -0.2) is 4.79 Å². The van der Waals surface area contributed by atoms with E-state index in [1.54, 1.807) is 47.4 Å². The maximum atomic E-state index is 13.3. The summed E-state index contributed by atoms with van der Waals surface area (Å²) in [6.07, 6.45) is 0. The molecule has 0 unspecified atom stereocenters. The van der Waals surface area contributed by atoms with Crippen LogP contribution in [0.15, 0.2) is 52.1 Å². The van der Waals surface area contributed by atoms with Gasteiger partial charge in [-0.15, -0.1) is 0 Å². The van der Waals surface area contributed by atoms with Crippen LogP contribution in [0.3, 0.4) is 0 Å². The smallest absolute Gasteiger partial charge is 0.335 e. The topological polar surface area (TPSA) is 80.4 Å². The van der Waals surface area contributed by atoms with Crippen molar-refractivity contribution in [2.75, 3.05) is 33.2 Å². The summed E-state index contributed by atoms with van der Waals surface area (Å²) < 4.78 is 2.04. The molecule has 3 aromatic rings. The van der Waals surface area contributed by atoms with Gasteiger partial charge in [0.25, 0.3) is 11.5 Å². The minimum Gasteiger partial charge on any atom is -0.335 e. The van der Waals surface area contributed by atoms with Crippen molar-refractivity contribution in [1.82, 2.24) is 24.1 Å². The van der Waals surface area contributed by atoms with Crippen LogP contribution in [0.2, 0.25) is 10.0 Å². The highest BCUT2D eigenvalue weighted by Crippen LogP contribution is 2.19. The van der Waals surface area contributed by atoms with Gasteiger partial charge in [0.05, 0.1) is 12.2 Å². The lowest BCUT2D eigenvalue weighted by Gasteiger charge is -2.32. The Balaban J connectivity index is 1.88. The number of piperazine rings is 1. The average molecular weight is 488 g/mol. The minimum atomic E-state index is -0.752. The Kier molecular flexibility index (Phi) is 6.69. The fourth-order valence-corrected chi connectivity index (χ4v) is 4.00. The lowest BCUT2D eigenvalue weighted by atomic mass is 10.2. The second kappa shape index (κ2) is 9.51. The highest BCUT2D eigenvalue weighted by molar-refractivity contribution is 6.31. The van der Waals surface area contributed by atoms with E-state index < -0.39 is 17.2 Å². The number of likely N-dealkylation sites (N-methyl/N-ethyl adjacent to an activating group) is 1. The van der Waals surface area contributed by atoms with Crippen molar-refractivity contribution in [1.29, 1.82) is 0 Å². The van der Waals surface area contributed by atoms with Crippen LogP contribution < -0.4 is 11.2 Å². The van der Waals surface area contributed by atoms with Gasteiger partial charge < -0.3 is 9.80 Å². The Hall–Kier alpha value is -2.94. The maximum Gasteiger partial charge on any atom is 0.352 e. The molecule has 8 nitrogen and oxygen atoms in total. The fourth-order valence-electron chi connectivity index (χ4n) is 3.63. The predicted molar refractivity (Wildman–Crippen MR) is 128 cm³/mol. The van der Waals surface area contributed by atoms with E-state index in [4.69, 9.17) is 23.2 Å². The first-order valence-corrected chi connectivity index (χ1v) is 11.2. The summed E-state index contributed by atoms with van der Waals surface area (Å²) >= 11 is 12.5. The molecular formula is C23H23Cl2N5O3. The number of amides is 1. The van der Waals surface area contributed by atoms with E-state index in [0.717, 1.165) is 14.8 Å². The Morgan fingerprint density at radius 2 is 1.70 bits per heavy atom. The molecule has 0 atom stereocenters. The monoisotopic (exact) mass is 487 g/mol. The van der Waals surface area contributed by atoms with Gasteiger partial charge in [-0.05, 0) is 43.3 Å².